The quantitative estimate of drug-likeness (QED) is 0.249. The van der Waals surface area contributed by atoms with Gasteiger partial charge in [-0.3, -0.25) is 4.72 Å². The van der Waals surface area contributed by atoms with E-state index in [0.717, 1.165) is 29.7 Å². The molecule has 5 rings (SSSR count). The number of nitrogens with one attached hydrogen (secondary N) is 2. The lowest BCUT2D eigenvalue weighted by atomic mass is 10.1. The molecule has 2 heterocycles. The van der Waals surface area contributed by atoms with Crippen LogP contribution in [0.2, 0.25) is 0 Å². The summed E-state index contributed by atoms with van der Waals surface area (Å²) in [6.07, 6.45) is 3.61. The lowest BCUT2D eigenvalue weighted by Gasteiger charge is -2.12. The number of aromatic nitrogens is 3. The van der Waals surface area contributed by atoms with Crippen LogP contribution in [-0.4, -0.2) is 48.5 Å². The van der Waals surface area contributed by atoms with E-state index in [4.69, 9.17) is 0 Å². The first-order valence-electron chi connectivity index (χ1n) is 12.4. The molecule has 0 aliphatic carbocycles. The molecule has 2 aromatic heterocycles. The first-order chi connectivity index (χ1) is 18.7. The molecule has 5 aromatic rings. The number of fused-ring (bicyclic) bond motifs is 1. The van der Waals surface area contributed by atoms with Crippen LogP contribution in [-0.2, 0) is 16.6 Å². The molecule has 0 saturated carbocycles. The number of nitrogens with zero attached hydrogens (tertiary/aromatic N) is 4. The van der Waals surface area contributed by atoms with Gasteiger partial charge in [-0.15, -0.1) is 0 Å². The van der Waals surface area contributed by atoms with Gasteiger partial charge in [0.25, 0.3) is 10.0 Å². The topological polar surface area (TPSA) is 92.2 Å². The number of hydrogen-bond acceptors (Lipinski definition) is 6. The Kier molecular flexibility index (Phi) is 7.32. The fourth-order valence-electron chi connectivity index (χ4n) is 4.25. The van der Waals surface area contributed by atoms with E-state index in [1.165, 1.54) is 24.0 Å². The highest BCUT2D eigenvalue weighted by Gasteiger charge is 2.19. The minimum atomic E-state index is -4.06. The summed E-state index contributed by atoms with van der Waals surface area (Å²) in [5.74, 6) is -0.194. The highest BCUT2D eigenvalue weighted by molar-refractivity contribution is 7.92. The molecule has 3 aromatic carbocycles. The van der Waals surface area contributed by atoms with Crippen molar-refractivity contribution in [3.05, 3.63) is 96.7 Å². The number of halogens is 1. The van der Waals surface area contributed by atoms with Crippen LogP contribution in [0.1, 0.15) is 5.56 Å². The van der Waals surface area contributed by atoms with Gasteiger partial charge in [-0.05, 0) is 81.2 Å². The molecule has 0 atom stereocenters. The fraction of sp³-hybridized carbons (Fsp3) is 0.172. The van der Waals surface area contributed by atoms with Gasteiger partial charge >= 0.3 is 0 Å². The van der Waals surface area contributed by atoms with Crippen molar-refractivity contribution in [3.8, 4) is 11.3 Å². The lowest BCUT2D eigenvalue weighted by molar-refractivity contribution is 0.387. The Morgan fingerprint density at radius 1 is 0.923 bits per heavy atom. The maximum atomic E-state index is 14.2. The standard InChI is InChI=1S/C29H29FN6O2S/c1-20-4-11-28(25(30)16-20)39(37,38)34-24-8-6-23(7-9-24)33-29-18-26(31-19-32-29)21-5-10-27-22(17-21)12-13-36(27)15-14-35(2)3/h4-13,16-19,34H,14-15H2,1-3H3,(H,31,32,33). The summed E-state index contributed by atoms with van der Waals surface area (Å²) in [5, 5.41) is 4.36. The number of likely N-dealkylation sites (N-methyl/N-ethyl adjacent to an activating group) is 1. The first-order valence-corrected chi connectivity index (χ1v) is 13.9. The third-order valence-corrected chi connectivity index (χ3v) is 7.72. The predicted octanol–water partition coefficient (Wildman–Crippen LogP) is 5.65. The Labute approximate surface area is 227 Å². The van der Waals surface area contributed by atoms with Gasteiger partial charge in [-0.2, -0.15) is 0 Å². The Hall–Kier alpha value is -4.28. The van der Waals surface area contributed by atoms with Crippen molar-refractivity contribution in [2.75, 3.05) is 30.7 Å². The van der Waals surface area contributed by atoms with Crippen LogP contribution in [0.3, 0.4) is 0 Å². The summed E-state index contributed by atoms with van der Waals surface area (Å²) in [5.41, 5.74) is 4.59. The summed E-state index contributed by atoms with van der Waals surface area (Å²) in [4.78, 5) is 10.5. The molecule has 8 nitrogen and oxygen atoms in total. The molecule has 10 heteroatoms. The number of anilines is 3. The molecule has 200 valence electrons. The maximum Gasteiger partial charge on any atom is 0.264 e. The fourth-order valence-corrected chi connectivity index (χ4v) is 5.37. The van der Waals surface area contributed by atoms with E-state index in [9.17, 15) is 12.8 Å². The Morgan fingerprint density at radius 3 is 2.44 bits per heavy atom. The number of aryl methyl sites for hydroxylation is 1. The normalized spacial score (nSPS) is 11.7. The van der Waals surface area contributed by atoms with E-state index in [2.05, 4.69) is 74.0 Å². The van der Waals surface area contributed by atoms with E-state index < -0.39 is 20.7 Å². The smallest absolute Gasteiger partial charge is 0.264 e. The van der Waals surface area contributed by atoms with Gasteiger partial charge in [0.2, 0.25) is 0 Å². The molecule has 0 spiro atoms. The maximum absolute atomic E-state index is 14.2. The molecule has 0 fully saturated rings. The van der Waals surface area contributed by atoms with Crippen molar-refractivity contribution >= 4 is 38.1 Å². The molecular weight excluding hydrogens is 515 g/mol. The molecule has 0 radical (unpaired) electrons. The predicted molar refractivity (Wildman–Crippen MR) is 153 cm³/mol. The van der Waals surface area contributed by atoms with Crippen LogP contribution in [0.25, 0.3) is 22.2 Å². The van der Waals surface area contributed by atoms with Gasteiger partial charge in [0, 0.05) is 53.2 Å². The zero-order valence-electron chi connectivity index (χ0n) is 21.9. The first kappa shape index (κ1) is 26.3. The van der Waals surface area contributed by atoms with Crippen molar-refractivity contribution in [1.29, 1.82) is 0 Å². The second-order valence-corrected chi connectivity index (χ2v) is 11.3. The molecule has 0 aliphatic heterocycles. The third kappa shape index (κ3) is 6.08. The number of benzene rings is 3. The van der Waals surface area contributed by atoms with Crippen molar-refractivity contribution in [2.24, 2.45) is 0 Å². The van der Waals surface area contributed by atoms with Crippen LogP contribution in [0.4, 0.5) is 21.6 Å². The van der Waals surface area contributed by atoms with E-state index in [-0.39, 0.29) is 0 Å². The zero-order valence-corrected chi connectivity index (χ0v) is 22.7. The van der Waals surface area contributed by atoms with Crippen LogP contribution >= 0.6 is 0 Å². The van der Waals surface area contributed by atoms with Gasteiger partial charge < -0.3 is 14.8 Å². The van der Waals surface area contributed by atoms with E-state index in [1.807, 2.05) is 6.07 Å². The SMILES string of the molecule is Cc1ccc(S(=O)(=O)Nc2ccc(Nc3cc(-c4ccc5c(ccn5CCN(C)C)c4)ncn3)cc2)c(F)c1. The summed E-state index contributed by atoms with van der Waals surface area (Å²) < 4.78 is 44.1. The minimum Gasteiger partial charge on any atom is -0.346 e. The summed E-state index contributed by atoms with van der Waals surface area (Å²) >= 11 is 0. The zero-order chi connectivity index (χ0) is 27.6. The Bertz CT molecular complexity index is 1730. The molecule has 0 saturated heterocycles. The molecule has 2 N–H and O–H groups in total. The van der Waals surface area contributed by atoms with Gasteiger partial charge in [0.05, 0.1) is 5.69 Å². The van der Waals surface area contributed by atoms with Crippen LogP contribution < -0.4 is 10.0 Å². The average molecular weight is 545 g/mol. The van der Waals surface area contributed by atoms with Gasteiger partial charge in [-0.1, -0.05) is 12.1 Å². The second kappa shape index (κ2) is 10.8. The Morgan fingerprint density at radius 2 is 1.69 bits per heavy atom. The number of hydrogen-bond donors (Lipinski definition) is 2. The summed E-state index contributed by atoms with van der Waals surface area (Å²) in [6.45, 7) is 3.58. The van der Waals surface area contributed by atoms with Crippen LogP contribution in [0.15, 0.2) is 90.2 Å². The van der Waals surface area contributed by atoms with Crippen molar-refractivity contribution < 1.29 is 12.8 Å². The monoisotopic (exact) mass is 544 g/mol. The summed E-state index contributed by atoms with van der Waals surface area (Å²) in [6, 6.07) is 20.9. The van der Waals surface area contributed by atoms with Gasteiger partial charge in [0.15, 0.2) is 0 Å². The highest BCUT2D eigenvalue weighted by Crippen LogP contribution is 2.27. The van der Waals surface area contributed by atoms with Crippen molar-refractivity contribution in [1.82, 2.24) is 19.4 Å². The number of rotatable bonds is 9. The van der Waals surface area contributed by atoms with Gasteiger partial charge in [0.1, 0.15) is 22.9 Å². The molecule has 39 heavy (non-hydrogen) atoms. The van der Waals surface area contributed by atoms with Crippen LogP contribution in [0.5, 0.6) is 0 Å². The van der Waals surface area contributed by atoms with E-state index >= 15 is 0 Å². The van der Waals surface area contributed by atoms with E-state index in [0.29, 0.717) is 22.8 Å². The van der Waals surface area contributed by atoms with Crippen LogP contribution in [0, 0.1) is 12.7 Å². The van der Waals surface area contributed by atoms with E-state index in [1.54, 1.807) is 37.3 Å². The molecule has 0 amide bonds. The molecule has 0 bridgehead atoms. The van der Waals surface area contributed by atoms with Crippen molar-refractivity contribution in [3.63, 3.8) is 0 Å². The summed E-state index contributed by atoms with van der Waals surface area (Å²) in [7, 11) is 0.0693. The average Bonchev–Trinajstić information content (AvgIpc) is 3.30. The molecule has 0 aliphatic rings. The largest absolute Gasteiger partial charge is 0.346 e. The minimum absolute atomic E-state index is 0.315. The van der Waals surface area contributed by atoms with Gasteiger partial charge in [-0.25, -0.2) is 22.8 Å². The Balaban J connectivity index is 1.29. The second-order valence-electron chi connectivity index (χ2n) is 9.62. The lowest BCUT2D eigenvalue weighted by Crippen LogP contribution is -2.17. The third-order valence-electron chi connectivity index (χ3n) is 6.31. The highest BCUT2D eigenvalue weighted by atomic mass is 32.2. The van der Waals surface area contributed by atoms with Crippen molar-refractivity contribution in [2.45, 2.75) is 18.4 Å². The molecule has 0 unspecified atom stereocenters. The number of sulfonamides is 1. The molecular formula is C29H29FN6O2S.